The summed E-state index contributed by atoms with van der Waals surface area (Å²) in [5.41, 5.74) is 0. The van der Waals surface area contributed by atoms with Crippen LogP contribution in [0.4, 0.5) is 0 Å². The summed E-state index contributed by atoms with van der Waals surface area (Å²) < 4.78 is 0.596. The fraction of sp³-hybridized carbons (Fsp3) is 0.850. The maximum absolute atomic E-state index is 10.7. The summed E-state index contributed by atoms with van der Waals surface area (Å²) in [6.45, 7) is 3.45. The number of nitrogens with zero attached hydrogens (tertiary/aromatic N) is 1. The summed E-state index contributed by atoms with van der Waals surface area (Å²) in [5, 5.41) is 8.84. The Hall–Kier alpha value is -0.830. The van der Waals surface area contributed by atoms with Gasteiger partial charge in [0.2, 0.25) is 0 Å². The highest BCUT2D eigenvalue weighted by atomic mass is 16.4. The van der Waals surface area contributed by atoms with E-state index >= 15 is 0 Å². The Kier molecular flexibility index (Phi) is 14.2. The van der Waals surface area contributed by atoms with Crippen LogP contribution in [-0.4, -0.2) is 42.7 Å². The molecule has 0 fully saturated rings. The molecule has 0 heterocycles. The molecule has 136 valence electrons. The molecule has 3 nitrogen and oxygen atoms in total. The van der Waals surface area contributed by atoms with Gasteiger partial charge in [0, 0.05) is 0 Å². The lowest BCUT2D eigenvalue weighted by Gasteiger charge is -2.27. The molecule has 0 saturated heterocycles. The third kappa shape index (κ3) is 17.4. The van der Waals surface area contributed by atoms with Gasteiger partial charge in [-0.25, -0.2) is 4.79 Å². The predicted octanol–water partition coefficient (Wildman–Crippen LogP) is 5.40. The van der Waals surface area contributed by atoms with Crippen LogP contribution in [0.1, 0.15) is 84.0 Å². The quantitative estimate of drug-likeness (QED) is 0.234. The van der Waals surface area contributed by atoms with Crippen molar-refractivity contribution in [1.82, 2.24) is 0 Å². The van der Waals surface area contributed by atoms with E-state index in [0.29, 0.717) is 4.48 Å². The highest BCUT2D eigenvalue weighted by Gasteiger charge is 2.18. The van der Waals surface area contributed by atoms with Gasteiger partial charge >= 0.3 is 5.97 Å². The molecule has 0 unspecified atom stereocenters. The molecule has 0 saturated carbocycles. The molecule has 0 spiro atoms. The van der Waals surface area contributed by atoms with Gasteiger partial charge in [0.1, 0.15) is 0 Å². The lowest BCUT2D eigenvalue weighted by atomic mass is 10.1. The van der Waals surface area contributed by atoms with Crippen LogP contribution in [0.25, 0.3) is 0 Å². The molecule has 0 aliphatic rings. The number of quaternary nitrogens is 1. The van der Waals surface area contributed by atoms with Crippen molar-refractivity contribution in [3.63, 3.8) is 0 Å². The third-order valence-electron chi connectivity index (χ3n) is 4.34. The van der Waals surface area contributed by atoms with Crippen LogP contribution in [0.2, 0.25) is 0 Å². The number of hydrogen-bond acceptors (Lipinski definition) is 1. The van der Waals surface area contributed by atoms with Crippen molar-refractivity contribution in [3.05, 3.63) is 12.2 Å². The van der Waals surface area contributed by atoms with Crippen LogP contribution in [0, 0.1) is 0 Å². The van der Waals surface area contributed by atoms with Crippen molar-refractivity contribution in [2.24, 2.45) is 0 Å². The lowest BCUT2D eigenvalue weighted by molar-refractivity contribution is -0.883. The van der Waals surface area contributed by atoms with E-state index in [1.807, 2.05) is 14.1 Å². The van der Waals surface area contributed by atoms with Gasteiger partial charge in [-0.05, 0) is 38.5 Å². The largest absolute Gasteiger partial charge is 0.477 e. The average Bonchev–Trinajstić information content (AvgIpc) is 2.46. The second-order valence-corrected chi connectivity index (χ2v) is 7.44. The van der Waals surface area contributed by atoms with Crippen molar-refractivity contribution in [1.29, 1.82) is 0 Å². The molecule has 3 heteroatoms. The van der Waals surface area contributed by atoms with Crippen LogP contribution in [0.5, 0.6) is 0 Å². The molecule has 0 amide bonds. The Morgan fingerprint density at radius 2 is 1.30 bits per heavy atom. The van der Waals surface area contributed by atoms with Gasteiger partial charge in [-0.15, -0.1) is 0 Å². The van der Waals surface area contributed by atoms with E-state index in [1.165, 1.54) is 70.6 Å². The monoisotopic (exact) mass is 326 g/mol. The zero-order valence-electron chi connectivity index (χ0n) is 15.9. The van der Waals surface area contributed by atoms with E-state index in [9.17, 15) is 4.79 Å². The Morgan fingerprint density at radius 1 is 0.826 bits per heavy atom. The normalized spacial score (nSPS) is 12.1. The van der Waals surface area contributed by atoms with Crippen molar-refractivity contribution in [2.75, 3.05) is 27.2 Å². The standard InChI is InChI=1S/C20H39NO2/c1-4-5-6-7-8-9-10-11-12-13-14-15-16-17-18-21(2,3)19-20(22)23/h9-10H,4-8,11-19H2,1-3H3/p+1/b10-9+. The molecule has 0 atom stereocenters. The van der Waals surface area contributed by atoms with Gasteiger partial charge < -0.3 is 9.59 Å². The first-order valence-electron chi connectivity index (χ1n) is 9.67. The second kappa shape index (κ2) is 14.7. The minimum Gasteiger partial charge on any atom is -0.477 e. The summed E-state index contributed by atoms with van der Waals surface area (Å²) in [5.74, 6) is -0.701. The molecular weight excluding hydrogens is 286 g/mol. The Labute approximate surface area is 144 Å². The molecule has 0 aliphatic carbocycles. The van der Waals surface area contributed by atoms with Crippen molar-refractivity contribution in [3.8, 4) is 0 Å². The first-order valence-corrected chi connectivity index (χ1v) is 9.67. The smallest absolute Gasteiger partial charge is 0.359 e. The van der Waals surface area contributed by atoms with Crippen LogP contribution >= 0.6 is 0 Å². The van der Waals surface area contributed by atoms with Gasteiger partial charge in [0.15, 0.2) is 6.54 Å². The van der Waals surface area contributed by atoms with Gasteiger partial charge in [-0.3, -0.25) is 0 Å². The molecule has 1 N–H and O–H groups in total. The van der Waals surface area contributed by atoms with E-state index in [4.69, 9.17) is 5.11 Å². The molecule has 0 aromatic carbocycles. The summed E-state index contributed by atoms with van der Waals surface area (Å²) in [6.07, 6.45) is 20.2. The summed E-state index contributed by atoms with van der Waals surface area (Å²) >= 11 is 0. The van der Waals surface area contributed by atoms with Crippen molar-refractivity contribution in [2.45, 2.75) is 84.0 Å². The van der Waals surface area contributed by atoms with E-state index in [0.717, 1.165) is 13.0 Å². The van der Waals surface area contributed by atoms with Crippen molar-refractivity contribution >= 4 is 5.97 Å². The lowest BCUT2D eigenvalue weighted by Crippen LogP contribution is -2.44. The topological polar surface area (TPSA) is 37.3 Å². The number of carbonyl (C=O) groups is 1. The number of unbranched alkanes of at least 4 members (excludes halogenated alkanes) is 10. The molecule has 23 heavy (non-hydrogen) atoms. The highest BCUT2D eigenvalue weighted by Crippen LogP contribution is 2.10. The summed E-state index contributed by atoms with van der Waals surface area (Å²) in [4.78, 5) is 10.7. The van der Waals surface area contributed by atoms with Crippen molar-refractivity contribution < 1.29 is 14.4 Å². The maximum atomic E-state index is 10.7. The van der Waals surface area contributed by atoms with E-state index in [2.05, 4.69) is 19.1 Å². The molecule has 0 rings (SSSR count). The Bertz CT molecular complexity index is 311. The SMILES string of the molecule is CCCCCC/C=C/CCCCCCCC[N+](C)(C)CC(=O)O. The number of likely N-dealkylation sites (N-methyl/N-ethyl adjacent to an activating group) is 1. The van der Waals surface area contributed by atoms with Gasteiger partial charge in [0.25, 0.3) is 0 Å². The third-order valence-corrected chi connectivity index (χ3v) is 4.34. The van der Waals surface area contributed by atoms with Gasteiger partial charge in [0.05, 0.1) is 20.6 Å². The number of allylic oxidation sites excluding steroid dienone is 2. The highest BCUT2D eigenvalue weighted by molar-refractivity contribution is 5.67. The number of hydrogen-bond donors (Lipinski definition) is 1. The Balaban J connectivity index is 3.30. The Morgan fingerprint density at radius 3 is 1.83 bits per heavy atom. The molecule has 0 aliphatic heterocycles. The zero-order chi connectivity index (χ0) is 17.4. The van der Waals surface area contributed by atoms with Gasteiger partial charge in [-0.2, -0.15) is 0 Å². The van der Waals surface area contributed by atoms with Crippen LogP contribution in [0.15, 0.2) is 12.2 Å². The first-order chi connectivity index (χ1) is 11.0. The second-order valence-electron chi connectivity index (χ2n) is 7.44. The fourth-order valence-corrected chi connectivity index (χ4v) is 2.88. The fourth-order valence-electron chi connectivity index (χ4n) is 2.88. The first kappa shape index (κ1) is 22.2. The molecule has 0 aromatic heterocycles. The minimum absolute atomic E-state index is 0.227. The molecular formula is C20H40NO2+. The summed E-state index contributed by atoms with van der Waals surface area (Å²) in [6, 6.07) is 0. The van der Waals surface area contributed by atoms with Crippen LogP contribution in [-0.2, 0) is 4.79 Å². The van der Waals surface area contributed by atoms with E-state index < -0.39 is 5.97 Å². The number of rotatable bonds is 16. The molecule has 0 aromatic rings. The number of carboxylic acids is 1. The van der Waals surface area contributed by atoms with Crippen LogP contribution < -0.4 is 0 Å². The molecule has 0 radical (unpaired) electrons. The maximum Gasteiger partial charge on any atom is 0.359 e. The van der Waals surface area contributed by atoms with Gasteiger partial charge in [-0.1, -0.05) is 57.6 Å². The zero-order valence-corrected chi connectivity index (χ0v) is 15.9. The number of carboxylic acid groups (broad SMARTS) is 1. The van der Waals surface area contributed by atoms with E-state index in [-0.39, 0.29) is 6.54 Å². The average molecular weight is 327 g/mol. The summed E-state index contributed by atoms with van der Waals surface area (Å²) in [7, 11) is 4.01. The number of aliphatic carboxylic acids is 1. The van der Waals surface area contributed by atoms with Crippen LogP contribution in [0.3, 0.4) is 0 Å². The predicted molar refractivity (Wildman–Crippen MR) is 99.7 cm³/mol. The van der Waals surface area contributed by atoms with E-state index in [1.54, 1.807) is 0 Å². The molecule has 0 bridgehead atoms. The minimum atomic E-state index is -0.701.